The van der Waals surface area contributed by atoms with Gasteiger partial charge in [-0.1, -0.05) is 0 Å². The van der Waals surface area contributed by atoms with E-state index >= 15 is 0 Å². The van der Waals surface area contributed by atoms with Crippen molar-refractivity contribution in [2.24, 2.45) is 0 Å². The minimum absolute atomic E-state index is 0.0684. The van der Waals surface area contributed by atoms with Crippen molar-refractivity contribution in [1.82, 2.24) is 15.6 Å². The van der Waals surface area contributed by atoms with Gasteiger partial charge in [0.15, 0.2) is 5.69 Å². The van der Waals surface area contributed by atoms with Gasteiger partial charge in [0.2, 0.25) is 15.9 Å². The second kappa shape index (κ2) is 10.9. The molecule has 2 rings (SSSR count). The van der Waals surface area contributed by atoms with Crippen LogP contribution in [0.4, 0.5) is 14.8 Å². The summed E-state index contributed by atoms with van der Waals surface area (Å²) >= 11 is 0. The predicted octanol–water partition coefficient (Wildman–Crippen LogP) is -0.0639. The van der Waals surface area contributed by atoms with Crippen molar-refractivity contribution in [3.63, 3.8) is 0 Å². The van der Waals surface area contributed by atoms with Gasteiger partial charge in [0.05, 0.1) is 18.3 Å². The zero-order chi connectivity index (χ0) is 25.8. The summed E-state index contributed by atoms with van der Waals surface area (Å²) in [7, 11) is -2.56. The number of aliphatic hydroxyl groups excluding tert-OH is 2. The number of carbonyl (C=O) groups excluding carboxylic acids is 2. The number of amides is 2. The molecule has 2 amide bonds. The Kier molecular flexibility index (Phi) is 8.69. The summed E-state index contributed by atoms with van der Waals surface area (Å²) < 4.78 is 56.3. The number of hydrogen-bond donors (Lipinski definition) is 4. The van der Waals surface area contributed by atoms with Crippen LogP contribution < -0.4 is 14.9 Å². The van der Waals surface area contributed by atoms with Crippen molar-refractivity contribution in [3.8, 4) is 0 Å². The Bertz CT molecular complexity index is 1120. The van der Waals surface area contributed by atoms with Crippen LogP contribution in [0, 0.1) is 11.6 Å². The third kappa shape index (κ3) is 7.20. The number of sulfonamides is 1. The smallest absolute Gasteiger partial charge is 0.311 e. The van der Waals surface area contributed by atoms with Gasteiger partial charge in [-0.15, -0.1) is 0 Å². The second-order valence-electron chi connectivity index (χ2n) is 7.78. The number of rotatable bonds is 10. The van der Waals surface area contributed by atoms with E-state index in [-0.39, 0.29) is 17.7 Å². The highest BCUT2D eigenvalue weighted by Gasteiger charge is 2.33. The Hall–Kier alpha value is -3.10. The lowest BCUT2D eigenvalue weighted by atomic mass is 9.94. The first-order valence-corrected chi connectivity index (χ1v) is 11.8. The van der Waals surface area contributed by atoms with E-state index in [1.54, 1.807) is 0 Å². The predicted molar refractivity (Wildman–Crippen MR) is 116 cm³/mol. The molecule has 0 saturated carbocycles. The highest BCUT2D eigenvalue weighted by Crippen LogP contribution is 2.17. The van der Waals surface area contributed by atoms with Crippen LogP contribution in [0.25, 0.3) is 0 Å². The Labute approximate surface area is 194 Å². The van der Waals surface area contributed by atoms with E-state index in [2.05, 4.69) is 15.6 Å². The summed E-state index contributed by atoms with van der Waals surface area (Å²) in [4.78, 5) is 27.8. The molecule has 0 aliphatic carbocycles. The zero-order valence-electron chi connectivity index (χ0n) is 18.8. The Morgan fingerprint density at radius 2 is 1.74 bits per heavy atom. The van der Waals surface area contributed by atoms with Gasteiger partial charge in [-0.25, -0.2) is 21.5 Å². The van der Waals surface area contributed by atoms with Crippen LogP contribution >= 0.6 is 0 Å². The monoisotopic (exact) mass is 504 g/mol. The molecule has 1 aromatic carbocycles. The van der Waals surface area contributed by atoms with Crippen LogP contribution in [0.2, 0.25) is 0 Å². The first-order valence-electron chi connectivity index (χ1n) is 9.97. The number of anilines is 1. The minimum Gasteiger partial charge on any atom is -0.430 e. The number of nitrogens with zero attached hydrogens (tertiary/aromatic N) is 2. The van der Waals surface area contributed by atoms with Gasteiger partial charge >= 0.3 is 6.01 Å². The third-order valence-corrected chi connectivity index (χ3v) is 6.04. The SMILES string of the molecule is CC(=O)N[C@@H](C)[C@@H](O)[C@H](O)[C@@H](Cc1cc(F)cc(F)c1)NC(=O)c1coc(N(C)S(C)(=O)=O)n1. The number of hydrogen-bond acceptors (Lipinski definition) is 8. The molecular formula is C20H26F2N4O7S. The molecule has 1 aromatic heterocycles. The van der Waals surface area contributed by atoms with E-state index in [1.165, 1.54) is 13.8 Å². The maximum Gasteiger partial charge on any atom is 0.311 e. The molecule has 0 aliphatic heterocycles. The topological polar surface area (TPSA) is 162 Å². The number of aliphatic hydroxyl groups is 2. The van der Waals surface area contributed by atoms with Gasteiger partial charge in [-0.2, -0.15) is 4.98 Å². The molecule has 188 valence electrons. The molecule has 11 nitrogen and oxygen atoms in total. The van der Waals surface area contributed by atoms with Crippen LogP contribution in [0.5, 0.6) is 0 Å². The van der Waals surface area contributed by atoms with Crippen molar-refractivity contribution in [3.05, 3.63) is 47.4 Å². The molecule has 0 bridgehead atoms. The van der Waals surface area contributed by atoms with E-state index in [0.29, 0.717) is 10.4 Å². The molecule has 1 heterocycles. The van der Waals surface area contributed by atoms with Gasteiger partial charge in [0, 0.05) is 20.0 Å². The third-order valence-electron chi connectivity index (χ3n) is 4.89. The summed E-state index contributed by atoms with van der Waals surface area (Å²) in [6, 6.07) is 0.0141. The number of halogens is 2. The molecule has 14 heteroatoms. The standard InChI is InChI=1S/C20H26F2N4O7S/c1-10(23-11(2)27)17(28)18(29)15(7-12-5-13(21)8-14(22)6-12)24-19(30)16-9-33-20(25-16)26(3)34(4,31)32/h5-6,8-10,15,17-18,28-29H,7H2,1-4H3,(H,23,27)(H,24,30)/t10-,15+,17+,18+/m0/s1. The molecule has 2 aromatic rings. The van der Waals surface area contributed by atoms with E-state index in [0.717, 1.165) is 31.7 Å². The second-order valence-corrected chi connectivity index (χ2v) is 9.79. The highest BCUT2D eigenvalue weighted by molar-refractivity contribution is 7.92. The Morgan fingerprint density at radius 3 is 2.26 bits per heavy atom. The molecule has 0 radical (unpaired) electrons. The molecule has 0 spiro atoms. The van der Waals surface area contributed by atoms with Crippen molar-refractivity contribution in [1.29, 1.82) is 0 Å². The molecule has 4 N–H and O–H groups in total. The van der Waals surface area contributed by atoms with Crippen molar-refractivity contribution >= 4 is 27.9 Å². The number of carbonyl (C=O) groups is 2. The fourth-order valence-electron chi connectivity index (χ4n) is 3.08. The normalized spacial score (nSPS) is 15.2. The summed E-state index contributed by atoms with van der Waals surface area (Å²) in [5.41, 5.74) is -0.281. The van der Waals surface area contributed by atoms with Crippen molar-refractivity contribution < 1.29 is 41.4 Å². The van der Waals surface area contributed by atoms with Crippen LogP contribution in [0.1, 0.15) is 29.9 Å². The van der Waals surface area contributed by atoms with Crippen LogP contribution in [-0.4, -0.2) is 73.0 Å². The van der Waals surface area contributed by atoms with Gasteiger partial charge in [-0.05, 0) is 31.0 Å². The van der Waals surface area contributed by atoms with Crippen LogP contribution in [0.3, 0.4) is 0 Å². The fourth-order valence-corrected chi connectivity index (χ4v) is 3.44. The lowest BCUT2D eigenvalue weighted by molar-refractivity contribution is -0.121. The van der Waals surface area contributed by atoms with E-state index in [1.807, 2.05) is 0 Å². The zero-order valence-corrected chi connectivity index (χ0v) is 19.6. The summed E-state index contributed by atoms with van der Waals surface area (Å²) in [6.07, 6.45) is -1.79. The maximum atomic E-state index is 13.6. The van der Waals surface area contributed by atoms with Gasteiger partial charge in [0.1, 0.15) is 30.1 Å². The van der Waals surface area contributed by atoms with Gasteiger partial charge < -0.3 is 25.3 Å². The quantitative estimate of drug-likeness (QED) is 0.350. The van der Waals surface area contributed by atoms with E-state index in [9.17, 15) is 37.0 Å². The lowest BCUT2D eigenvalue weighted by Crippen LogP contribution is -2.55. The first kappa shape index (κ1) is 27.1. The van der Waals surface area contributed by atoms with Gasteiger partial charge in [-0.3, -0.25) is 9.59 Å². The number of aromatic nitrogens is 1. The molecule has 0 unspecified atom stereocenters. The average molecular weight is 505 g/mol. The summed E-state index contributed by atoms with van der Waals surface area (Å²) in [5, 5.41) is 26.0. The van der Waals surface area contributed by atoms with Gasteiger partial charge in [0.25, 0.3) is 5.91 Å². The molecule has 4 atom stereocenters. The van der Waals surface area contributed by atoms with Crippen molar-refractivity contribution in [2.75, 3.05) is 17.6 Å². The van der Waals surface area contributed by atoms with E-state index in [4.69, 9.17) is 4.42 Å². The molecule has 0 saturated heterocycles. The number of nitrogens with one attached hydrogen (secondary N) is 2. The Morgan fingerprint density at radius 1 is 1.15 bits per heavy atom. The van der Waals surface area contributed by atoms with Crippen molar-refractivity contribution in [2.45, 2.75) is 44.6 Å². The number of oxazole rings is 1. The van der Waals surface area contributed by atoms with Crippen LogP contribution in [-0.2, 0) is 21.2 Å². The lowest BCUT2D eigenvalue weighted by Gasteiger charge is -2.31. The Balaban J connectivity index is 2.30. The highest BCUT2D eigenvalue weighted by atomic mass is 32.2. The minimum atomic E-state index is -3.72. The number of benzene rings is 1. The largest absolute Gasteiger partial charge is 0.430 e. The molecule has 34 heavy (non-hydrogen) atoms. The summed E-state index contributed by atoms with van der Waals surface area (Å²) in [6.45, 7) is 2.63. The first-order chi connectivity index (χ1) is 15.7. The van der Waals surface area contributed by atoms with E-state index < -0.39 is 63.8 Å². The molecular weight excluding hydrogens is 478 g/mol. The van der Waals surface area contributed by atoms with Crippen LogP contribution in [0.15, 0.2) is 28.9 Å². The summed E-state index contributed by atoms with van der Waals surface area (Å²) in [5.74, 6) is -3.16. The molecule has 0 aliphatic rings. The maximum absolute atomic E-state index is 13.6. The fraction of sp³-hybridized carbons (Fsp3) is 0.450. The molecule has 0 fully saturated rings. The average Bonchev–Trinajstić information content (AvgIpc) is 3.19.